The molecule has 0 saturated carbocycles. The third-order valence-electron chi connectivity index (χ3n) is 4.63. The van der Waals surface area contributed by atoms with Gasteiger partial charge in [-0.05, 0) is 30.2 Å². The van der Waals surface area contributed by atoms with Gasteiger partial charge in [0.15, 0.2) is 6.61 Å². The van der Waals surface area contributed by atoms with Crippen molar-refractivity contribution in [1.29, 1.82) is 0 Å². The quantitative estimate of drug-likeness (QED) is 0.754. The standard InChI is InChI=1S/C21H25NO4S/c1-25-20-5-3-2-4-17(20)15-27-19-10-11-22(12-19)21(24)14-26-18-8-6-16(13-23)7-9-18/h2-9,19,23H,10-15H2,1H3. The predicted molar refractivity (Wildman–Crippen MR) is 107 cm³/mol. The largest absolute Gasteiger partial charge is 0.496 e. The van der Waals surface area contributed by atoms with Crippen LogP contribution in [0.3, 0.4) is 0 Å². The average molecular weight is 388 g/mol. The van der Waals surface area contributed by atoms with Crippen molar-refractivity contribution in [3.63, 3.8) is 0 Å². The van der Waals surface area contributed by atoms with Gasteiger partial charge in [-0.1, -0.05) is 30.3 Å². The third kappa shape index (κ3) is 5.40. The molecule has 5 nitrogen and oxygen atoms in total. The minimum atomic E-state index is 0.000892. The first-order valence-corrected chi connectivity index (χ1v) is 10.1. The number of rotatable bonds is 8. The van der Waals surface area contributed by atoms with E-state index in [1.807, 2.05) is 34.9 Å². The van der Waals surface area contributed by atoms with Crippen molar-refractivity contribution in [2.75, 3.05) is 26.8 Å². The van der Waals surface area contributed by atoms with E-state index in [1.165, 1.54) is 5.56 Å². The molecule has 3 rings (SSSR count). The Kier molecular flexibility index (Phi) is 7.01. The molecule has 0 aromatic heterocycles. The van der Waals surface area contributed by atoms with E-state index in [-0.39, 0.29) is 19.1 Å². The molecule has 1 unspecified atom stereocenters. The fraction of sp³-hybridized carbons (Fsp3) is 0.381. The molecule has 27 heavy (non-hydrogen) atoms. The first kappa shape index (κ1) is 19.6. The highest BCUT2D eigenvalue weighted by Crippen LogP contribution is 2.29. The lowest BCUT2D eigenvalue weighted by Gasteiger charge is -2.17. The van der Waals surface area contributed by atoms with E-state index in [0.29, 0.717) is 11.0 Å². The summed E-state index contributed by atoms with van der Waals surface area (Å²) in [6, 6.07) is 15.2. The van der Waals surface area contributed by atoms with Gasteiger partial charge < -0.3 is 19.5 Å². The van der Waals surface area contributed by atoms with Gasteiger partial charge in [0.05, 0.1) is 13.7 Å². The van der Waals surface area contributed by atoms with Crippen LogP contribution in [0.5, 0.6) is 11.5 Å². The maximum atomic E-state index is 12.4. The number of aliphatic hydroxyl groups excluding tert-OH is 1. The monoisotopic (exact) mass is 387 g/mol. The lowest BCUT2D eigenvalue weighted by molar-refractivity contribution is -0.132. The summed E-state index contributed by atoms with van der Waals surface area (Å²) in [6.07, 6.45) is 0.997. The molecule has 1 aliphatic heterocycles. The second kappa shape index (κ2) is 9.67. The molecule has 1 heterocycles. The summed E-state index contributed by atoms with van der Waals surface area (Å²) in [5, 5.41) is 9.48. The van der Waals surface area contributed by atoms with E-state index < -0.39 is 0 Å². The molecule has 1 aliphatic rings. The van der Waals surface area contributed by atoms with E-state index >= 15 is 0 Å². The smallest absolute Gasteiger partial charge is 0.260 e. The highest BCUT2D eigenvalue weighted by atomic mass is 32.2. The van der Waals surface area contributed by atoms with E-state index in [9.17, 15) is 4.79 Å². The number of amides is 1. The van der Waals surface area contributed by atoms with Crippen molar-refractivity contribution >= 4 is 17.7 Å². The van der Waals surface area contributed by atoms with Crippen molar-refractivity contribution in [2.24, 2.45) is 0 Å². The predicted octanol–water partition coefficient (Wildman–Crippen LogP) is 3.10. The van der Waals surface area contributed by atoms with Gasteiger partial charge in [-0.25, -0.2) is 0 Å². The number of methoxy groups -OCH3 is 1. The van der Waals surface area contributed by atoms with E-state index in [0.717, 1.165) is 36.6 Å². The lowest BCUT2D eigenvalue weighted by Crippen LogP contribution is -2.33. The molecule has 6 heteroatoms. The first-order chi connectivity index (χ1) is 13.2. The van der Waals surface area contributed by atoms with Crippen LogP contribution in [0.1, 0.15) is 17.5 Å². The van der Waals surface area contributed by atoms with Crippen LogP contribution in [0.2, 0.25) is 0 Å². The summed E-state index contributed by atoms with van der Waals surface area (Å²) < 4.78 is 11.0. The number of hydrogen-bond acceptors (Lipinski definition) is 5. The molecule has 0 spiro atoms. The number of benzene rings is 2. The Labute approximate surface area is 164 Å². The Hall–Kier alpha value is -2.18. The maximum absolute atomic E-state index is 12.4. The van der Waals surface area contributed by atoms with E-state index in [1.54, 1.807) is 31.4 Å². The number of carbonyl (C=O) groups excluding carboxylic acids is 1. The summed E-state index contributed by atoms with van der Waals surface area (Å²) in [6.45, 7) is 1.57. The molecule has 0 aliphatic carbocycles. The molecule has 1 atom stereocenters. The molecule has 144 valence electrons. The topological polar surface area (TPSA) is 59.0 Å². The van der Waals surface area contributed by atoms with Crippen LogP contribution < -0.4 is 9.47 Å². The van der Waals surface area contributed by atoms with Crippen LogP contribution in [0, 0.1) is 0 Å². The molecular weight excluding hydrogens is 362 g/mol. The Balaban J connectivity index is 1.43. The zero-order valence-electron chi connectivity index (χ0n) is 15.5. The number of hydrogen-bond donors (Lipinski definition) is 1. The van der Waals surface area contributed by atoms with Gasteiger partial charge in [-0.2, -0.15) is 11.8 Å². The Bertz CT molecular complexity index is 750. The molecule has 1 N–H and O–H groups in total. The summed E-state index contributed by atoms with van der Waals surface area (Å²) >= 11 is 1.87. The number of likely N-dealkylation sites (tertiary alicyclic amines) is 1. The van der Waals surface area contributed by atoms with Gasteiger partial charge in [-0.3, -0.25) is 4.79 Å². The average Bonchev–Trinajstić information content (AvgIpc) is 3.20. The van der Waals surface area contributed by atoms with Crippen molar-refractivity contribution in [2.45, 2.75) is 24.0 Å². The van der Waals surface area contributed by atoms with Crippen molar-refractivity contribution in [1.82, 2.24) is 4.90 Å². The van der Waals surface area contributed by atoms with E-state index in [2.05, 4.69) is 6.07 Å². The first-order valence-electron chi connectivity index (χ1n) is 9.03. The molecule has 0 radical (unpaired) electrons. The molecule has 0 bridgehead atoms. The number of aliphatic hydroxyl groups is 1. The summed E-state index contributed by atoms with van der Waals surface area (Å²) in [5.41, 5.74) is 2.01. The van der Waals surface area contributed by atoms with E-state index in [4.69, 9.17) is 14.6 Å². The van der Waals surface area contributed by atoms with Crippen LogP contribution in [0.25, 0.3) is 0 Å². The minimum absolute atomic E-state index is 0.000892. The second-order valence-corrected chi connectivity index (χ2v) is 7.75. The van der Waals surface area contributed by atoms with Crippen LogP contribution in [-0.4, -0.2) is 48.0 Å². The van der Waals surface area contributed by atoms with Gasteiger partial charge in [0.2, 0.25) is 0 Å². The summed E-state index contributed by atoms with van der Waals surface area (Å²) in [4.78, 5) is 14.3. The molecule has 2 aromatic rings. The molecular formula is C21H25NO4S. The van der Waals surface area contributed by atoms with Crippen molar-refractivity contribution in [3.05, 3.63) is 59.7 Å². The molecule has 1 saturated heterocycles. The van der Waals surface area contributed by atoms with Gasteiger partial charge >= 0.3 is 0 Å². The number of nitrogens with zero attached hydrogens (tertiary/aromatic N) is 1. The fourth-order valence-corrected chi connectivity index (χ4v) is 4.26. The number of carbonyl (C=O) groups is 1. The number of ether oxygens (including phenoxy) is 2. The van der Waals surface area contributed by atoms with Crippen LogP contribution in [0.4, 0.5) is 0 Å². The summed E-state index contributed by atoms with van der Waals surface area (Å²) in [7, 11) is 1.69. The minimum Gasteiger partial charge on any atom is -0.496 e. The maximum Gasteiger partial charge on any atom is 0.260 e. The van der Waals surface area contributed by atoms with Gasteiger partial charge in [0.25, 0.3) is 5.91 Å². The zero-order valence-corrected chi connectivity index (χ0v) is 16.3. The molecule has 1 amide bonds. The summed E-state index contributed by atoms with van der Waals surface area (Å²) in [5.74, 6) is 2.45. The van der Waals surface area contributed by atoms with Gasteiger partial charge in [0.1, 0.15) is 11.5 Å². The fourth-order valence-electron chi connectivity index (χ4n) is 3.05. The Morgan fingerprint density at radius 3 is 2.74 bits per heavy atom. The van der Waals surface area contributed by atoms with Crippen LogP contribution in [-0.2, 0) is 17.2 Å². The van der Waals surface area contributed by atoms with Crippen LogP contribution in [0.15, 0.2) is 48.5 Å². The van der Waals surface area contributed by atoms with Gasteiger partial charge in [-0.15, -0.1) is 0 Å². The third-order valence-corrected chi connectivity index (χ3v) is 5.97. The Morgan fingerprint density at radius 1 is 1.22 bits per heavy atom. The van der Waals surface area contributed by atoms with Crippen molar-refractivity contribution in [3.8, 4) is 11.5 Å². The Morgan fingerprint density at radius 2 is 2.00 bits per heavy atom. The second-order valence-electron chi connectivity index (χ2n) is 6.46. The normalized spacial score (nSPS) is 16.4. The number of thioether (sulfide) groups is 1. The molecule has 2 aromatic carbocycles. The van der Waals surface area contributed by atoms with Crippen molar-refractivity contribution < 1.29 is 19.4 Å². The molecule has 1 fully saturated rings. The lowest BCUT2D eigenvalue weighted by atomic mass is 10.2. The number of para-hydroxylation sites is 1. The zero-order chi connectivity index (χ0) is 19.1. The SMILES string of the molecule is COc1ccccc1CSC1CCN(C(=O)COc2ccc(CO)cc2)C1. The highest BCUT2D eigenvalue weighted by Gasteiger charge is 2.26. The van der Waals surface area contributed by atoms with Crippen LogP contribution >= 0.6 is 11.8 Å². The highest BCUT2D eigenvalue weighted by molar-refractivity contribution is 7.99. The van der Waals surface area contributed by atoms with Gasteiger partial charge in [0, 0.05) is 29.7 Å².